The van der Waals surface area contributed by atoms with Crippen molar-refractivity contribution in [3.05, 3.63) is 53.6 Å². The van der Waals surface area contributed by atoms with E-state index in [1.54, 1.807) is 0 Å². The van der Waals surface area contributed by atoms with Crippen LogP contribution in [0.3, 0.4) is 0 Å². The third-order valence-corrected chi connectivity index (χ3v) is 4.70. The van der Waals surface area contributed by atoms with Gasteiger partial charge in [0.1, 0.15) is 0 Å². The van der Waals surface area contributed by atoms with Gasteiger partial charge in [0.05, 0.1) is 0 Å². The molecule has 2 aromatic rings. The van der Waals surface area contributed by atoms with E-state index in [0.29, 0.717) is 0 Å². The molecule has 1 aliphatic carbocycles. The lowest BCUT2D eigenvalue weighted by Crippen LogP contribution is -2.03. The molecule has 0 amide bonds. The predicted molar refractivity (Wildman–Crippen MR) is 96.5 cm³/mol. The summed E-state index contributed by atoms with van der Waals surface area (Å²) in [5, 5.41) is 3.67. The van der Waals surface area contributed by atoms with Crippen molar-refractivity contribution in [2.24, 2.45) is 0 Å². The first-order chi connectivity index (χ1) is 10.9. The third kappa shape index (κ3) is 3.35. The Morgan fingerprint density at radius 3 is 2.50 bits per heavy atom. The van der Waals surface area contributed by atoms with Crippen molar-refractivity contribution in [3.63, 3.8) is 0 Å². The molecule has 0 heterocycles. The molecular formula is C21H27N. The van der Waals surface area contributed by atoms with Gasteiger partial charge in [-0.1, -0.05) is 75.4 Å². The summed E-state index contributed by atoms with van der Waals surface area (Å²) >= 11 is 0. The molecule has 3 rings (SSSR count). The maximum atomic E-state index is 3.67. The van der Waals surface area contributed by atoms with Crippen LogP contribution in [0, 0.1) is 0 Å². The van der Waals surface area contributed by atoms with Gasteiger partial charge in [-0.3, -0.25) is 0 Å². The lowest BCUT2D eigenvalue weighted by Gasteiger charge is -2.11. The highest BCUT2D eigenvalue weighted by atomic mass is 14.9. The van der Waals surface area contributed by atoms with E-state index in [-0.39, 0.29) is 0 Å². The maximum Gasteiger partial charge on any atom is 0.0382 e. The van der Waals surface area contributed by atoms with Gasteiger partial charge in [-0.15, -0.1) is 0 Å². The second kappa shape index (κ2) is 7.49. The van der Waals surface area contributed by atoms with E-state index in [1.807, 2.05) is 0 Å². The van der Waals surface area contributed by atoms with E-state index in [2.05, 4.69) is 54.7 Å². The van der Waals surface area contributed by atoms with Crippen LogP contribution in [-0.4, -0.2) is 6.54 Å². The van der Waals surface area contributed by atoms with Crippen molar-refractivity contribution >= 4 is 5.69 Å². The zero-order valence-corrected chi connectivity index (χ0v) is 13.7. The third-order valence-electron chi connectivity index (χ3n) is 4.70. The van der Waals surface area contributed by atoms with E-state index in [1.165, 1.54) is 66.5 Å². The van der Waals surface area contributed by atoms with Crippen LogP contribution in [0.2, 0.25) is 0 Å². The van der Waals surface area contributed by atoms with Crippen molar-refractivity contribution in [2.45, 2.75) is 51.9 Å². The van der Waals surface area contributed by atoms with Gasteiger partial charge in [-0.25, -0.2) is 0 Å². The minimum atomic E-state index is 1.07. The number of anilines is 1. The largest absolute Gasteiger partial charge is 0.385 e. The van der Waals surface area contributed by atoms with Crippen LogP contribution < -0.4 is 5.32 Å². The molecule has 2 aromatic carbocycles. The zero-order chi connectivity index (χ0) is 15.2. The molecule has 1 aliphatic rings. The monoisotopic (exact) mass is 293 g/mol. The summed E-state index contributed by atoms with van der Waals surface area (Å²) in [6, 6.07) is 15.5. The normalized spacial score (nSPS) is 12.0. The standard InChI is InChI=1S/C21H27N/c1-2-3-4-5-6-9-15-22-21-14-10-13-19-18-12-8-7-11-17(18)16-20(19)21/h7-8,10-14,22H,2-6,9,15-16H2,1H3. The molecular weight excluding hydrogens is 266 g/mol. The van der Waals surface area contributed by atoms with E-state index in [4.69, 9.17) is 0 Å². The first kappa shape index (κ1) is 15.1. The lowest BCUT2D eigenvalue weighted by atomic mass is 10.0. The van der Waals surface area contributed by atoms with Gasteiger partial charge >= 0.3 is 0 Å². The number of fused-ring (bicyclic) bond motifs is 3. The highest BCUT2D eigenvalue weighted by Crippen LogP contribution is 2.39. The highest BCUT2D eigenvalue weighted by molar-refractivity contribution is 5.81. The summed E-state index contributed by atoms with van der Waals surface area (Å²) in [5.74, 6) is 0. The Morgan fingerprint density at radius 2 is 1.59 bits per heavy atom. The molecule has 0 fully saturated rings. The molecule has 22 heavy (non-hydrogen) atoms. The van der Waals surface area contributed by atoms with Crippen LogP contribution in [0.1, 0.15) is 56.6 Å². The minimum Gasteiger partial charge on any atom is -0.385 e. The van der Waals surface area contributed by atoms with Crippen molar-refractivity contribution in [3.8, 4) is 11.1 Å². The molecule has 1 nitrogen and oxygen atoms in total. The first-order valence-corrected chi connectivity index (χ1v) is 8.84. The second-order valence-electron chi connectivity index (χ2n) is 6.36. The quantitative estimate of drug-likeness (QED) is 0.500. The molecule has 0 saturated carbocycles. The fourth-order valence-corrected chi connectivity index (χ4v) is 3.45. The summed E-state index contributed by atoms with van der Waals surface area (Å²) in [4.78, 5) is 0. The topological polar surface area (TPSA) is 12.0 Å². The van der Waals surface area contributed by atoms with E-state index in [0.717, 1.165) is 13.0 Å². The van der Waals surface area contributed by atoms with Gasteiger partial charge in [-0.05, 0) is 34.7 Å². The number of rotatable bonds is 8. The maximum absolute atomic E-state index is 3.67. The molecule has 1 heteroatoms. The average Bonchev–Trinajstić information content (AvgIpc) is 2.93. The first-order valence-electron chi connectivity index (χ1n) is 8.84. The summed E-state index contributed by atoms with van der Waals surface area (Å²) in [6.45, 7) is 3.37. The van der Waals surface area contributed by atoms with Crippen molar-refractivity contribution in [1.29, 1.82) is 0 Å². The highest BCUT2D eigenvalue weighted by Gasteiger charge is 2.19. The zero-order valence-electron chi connectivity index (χ0n) is 13.7. The SMILES string of the molecule is CCCCCCCCNc1cccc2c1Cc1ccccc1-2. The molecule has 116 valence electrons. The van der Waals surface area contributed by atoms with Gasteiger partial charge in [0.2, 0.25) is 0 Å². The van der Waals surface area contributed by atoms with Crippen molar-refractivity contribution in [2.75, 3.05) is 11.9 Å². The molecule has 0 saturated heterocycles. The Balaban J connectivity index is 1.56. The summed E-state index contributed by atoms with van der Waals surface area (Å²) in [7, 11) is 0. The summed E-state index contributed by atoms with van der Waals surface area (Å²) < 4.78 is 0. The molecule has 0 unspecified atom stereocenters. The second-order valence-corrected chi connectivity index (χ2v) is 6.36. The molecule has 0 bridgehead atoms. The van der Waals surface area contributed by atoms with Crippen LogP contribution in [0.25, 0.3) is 11.1 Å². The molecule has 1 N–H and O–H groups in total. The van der Waals surface area contributed by atoms with Crippen LogP contribution in [0.5, 0.6) is 0 Å². The lowest BCUT2D eigenvalue weighted by molar-refractivity contribution is 0.617. The van der Waals surface area contributed by atoms with Gasteiger partial charge in [0.15, 0.2) is 0 Å². The summed E-state index contributed by atoms with van der Waals surface area (Å²) in [6.07, 6.45) is 9.20. The average molecular weight is 293 g/mol. The van der Waals surface area contributed by atoms with E-state index >= 15 is 0 Å². The predicted octanol–water partition coefficient (Wildman–Crippen LogP) is 6.03. The van der Waals surface area contributed by atoms with Crippen molar-refractivity contribution < 1.29 is 0 Å². The van der Waals surface area contributed by atoms with E-state index in [9.17, 15) is 0 Å². The Bertz CT molecular complexity index is 615. The van der Waals surface area contributed by atoms with Crippen LogP contribution >= 0.6 is 0 Å². The number of hydrogen-bond acceptors (Lipinski definition) is 1. The van der Waals surface area contributed by atoms with Crippen LogP contribution in [0.15, 0.2) is 42.5 Å². The Labute approximate surface area is 134 Å². The fourth-order valence-electron chi connectivity index (χ4n) is 3.45. The minimum absolute atomic E-state index is 1.07. The van der Waals surface area contributed by atoms with Gasteiger partial charge in [0.25, 0.3) is 0 Å². The van der Waals surface area contributed by atoms with Crippen LogP contribution in [-0.2, 0) is 6.42 Å². The molecule has 0 aromatic heterocycles. The molecule has 0 aliphatic heterocycles. The van der Waals surface area contributed by atoms with Crippen LogP contribution in [0.4, 0.5) is 5.69 Å². The van der Waals surface area contributed by atoms with Gasteiger partial charge in [-0.2, -0.15) is 0 Å². The van der Waals surface area contributed by atoms with Gasteiger partial charge in [0, 0.05) is 18.7 Å². The Hall–Kier alpha value is -1.76. The number of benzene rings is 2. The van der Waals surface area contributed by atoms with E-state index < -0.39 is 0 Å². The van der Waals surface area contributed by atoms with Gasteiger partial charge < -0.3 is 5.32 Å². The number of nitrogens with one attached hydrogen (secondary N) is 1. The Morgan fingerprint density at radius 1 is 0.818 bits per heavy atom. The molecule has 0 radical (unpaired) electrons. The summed E-state index contributed by atoms with van der Waals surface area (Å²) in [5.41, 5.74) is 7.12. The number of hydrogen-bond donors (Lipinski definition) is 1. The smallest absolute Gasteiger partial charge is 0.0382 e. The molecule has 0 atom stereocenters. The van der Waals surface area contributed by atoms with Crippen molar-refractivity contribution in [1.82, 2.24) is 0 Å². The molecule has 0 spiro atoms. The Kier molecular flexibility index (Phi) is 5.15. The number of unbranched alkanes of at least 4 members (excludes halogenated alkanes) is 5. The fraction of sp³-hybridized carbons (Fsp3) is 0.429.